The molecule has 1 saturated carbocycles. The van der Waals surface area contributed by atoms with Crippen LogP contribution >= 0.6 is 0 Å². The van der Waals surface area contributed by atoms with Crippen molar-refractivity contribution in [1.29, 1.82) is 0 Å². The summed E-state index contributed by atoms with van der Waals surface area (Å²) in [5.41, 5.74) is 2.50. The van der Waals surface area contributed by atoms with Crippen LogP contribution in [0.4, 0.5) is 0 Å². The Bertz CT molecular complexity index is 496. The molecule has 2 rings (SSSR count). The maximum atomic E-state index is 5.60. The lowest BCUT2D eigenvalue weighted by molar-refractivity contribution is 0.326. The molecular formula is C20H30N2O. The zero-order valence-electron chi connectivity index (χ0n) is 14.4. The van der Waals surface area contributed by atoms with Crippen LogP contribution in [0.2, 0.25) is 0 Å². The molecule has 0 bridgehead atoms. The topological polar surface area (TPSA) is 24.5 Å². The van der Waals surface area contributed by atoms with Gasteiger partial charge in [-0.3, -0.25) is 4.90 Å². The van der Waals surface area contributed by atoms with Gasteiger partial charge in [0.15, 0.2) is 0 Å². The van der Waals surface area contributed by atoms with Crippen molar-refractivity contribution < 1.29 is 4.74 Å². The molecular weight excluding hydrogens is 284 g/mol. The molecule has 1 aromatic rings. The van der Waals surface area contributed by atoms with Crippen LogP contribution in [-0.2, 0) is 13.1 Å². The minimum absolute atomic E-state index is 0.676. The molecule has 1 fully saturated rings. The highest BCUT2D eigenvalue weighted by Gasteiger charge is 2.15. The minimum Gasteiger partial charge on any atom is -0.496 e. The van der Waals surface area contributed by atoms with E-state index in [1.54, 1.807) is 7.11 Å². The van der Waals surface area contributed by atoms with Crippen molar-refractivity contribution in [3.8, 4) is 5.75 Å². The second kappa shape index (κ2) is 9.53. The van der Waals surface area contributed by atoms with E-state index < -0.39 is 0 Å². The molecule has 0 saturated heterocycles. The van der Waals surface area contributed by atoms with Gasteiger partial charge in [0, 0.05) is 37.8 Å². The van der Waals surface area contributed by atoms with Crippen molar-refractivity contribution in [1.82, 2.24) is 10.2 Å². The molecule has 1 N–H and O–H groups in total. The first-order valence-electron chi connectivity index (χ1n) is 8.60. The summed E-state index contributed by atoms with van der Waals surface area (Å²) < 4.78 is 5.60. The van der Waals surface area contributed by atoms with E-state index >= 15 is 0 Å². The van der Waals surface area contributed by atoms with Crippen LogP contribution in [0.25, 0.3) is 0 Å². The fourth-order valence-corrected chi connectivity index (χ4v) is 3.24. The summed E-state index contributed by atoms with van der Waals surface area (Å²) in [6.07, 6.45) is 9.19. The highest BCUT2D eigenvalue weighted by atomic mass is 16.5. The largest absolute Gasteiger partial charge is 0.496 e. The summed E-state index contributed by atoms with van der Waals surface area (Å²) in [5, 5.41) is 3.66. The van der Waals surface area contributed by atoms with Gasteiger partial charge in [-0.05, 0) is 24.5 Å². The quantitative estimate of drug-likeness (QED) is 0.663. The monoisotopic (exact) mass is 314 g/mol. The lowest BCUT2D eigenvalue weighted by atomic mass is 10.1. The molecule has 3 nitrogen and oxygen atoms in total. The van der Waals surface area contributed by atoms with Gasteiger partial charge < -0.3 is 10.1 Å². The zero-order valence-corrected chi connectivity index (χ0v) is 14.4. The lowest BCUT2D eigenvalue weighted by Crippen LogP contribution is -2.25. The van der Waals surface area contributed by atoms with Gasteiger partial charge in [-0.2, -0.15) is 0 Å². The highest BCUT2D eigenvalue weighted by molar-refractivity contribution is 5.37. The number of nitrogens with zero attached hydrogens (tertiary/aromatic N) is 1. The Morgan fingerprint density at radius 2 is 1.91 bits per heavy atom. The van der Waals surface area contributed by atoms with E-state index in [1.165, 1.54) is 36.8 Å². The molecule has 0 spiro atoms. The third-order valence-electron chi connectivity index (χ3n) is 4.47. The minimum atomic E-state index is 0.676. The molecule has 1 aliphatic carbocycles. The molecule has 1 aliphatic rings. The summed E-state index contributed by atoms with van der Waals surface area (Å²) in [4.78, 5) is 2.30. The van der Waals surface area contributed by atoms with Crippen molar-refractivity contribution in [2.45, 2.75) is 44.8 Å². The van der Waals surface area contributed by atoms with Gasteiger partial charge in [0.2, 0.25) is 0 Å². The van der Waals surface area contributed by atoms with Crippen LogP contribution < -0.4 is 10.1 Å². The van der Waals surface area contributed by atoms with Crippen LogP contribution in [0, 0.1) is 0 Å². The predicted octanol–water partition coefficient (Wildman–Crippen LogP) is 3.90. The van der Waals surface area contributed by atoms with Gasteiger partial charge in [0.1, 0.15) is 5.75 Å². The molecule has 0 aliphatic heterocycles. The number of hydrogen-bond donors (Lipinski definition) is 1. The van der Waals surface area contributed by atoms with E-state index in [0.717, 1.165) is 31.9 Å². The van der Waals surface area contributed by atoms with Crippen LogP contribution in [0.3, 0.4) is 0 Å². The molecule has 1 aromatic carbocycles. The Morgan fingerprint density at radius 1 is 1.22 bits per heavy atom. The lowest BCUT2D eigenvalue weighted by Gasteiger charge is -2.20. The summed E-state index contributed by atoms with van der Waals surface area (Å²) in [6.45, 7) is 11.1. The molecule has 0 radical (unpaired) electrons. The summed E-state index contributed by atoms with van der Waals surface area (Å²) >= 11 is 0. The molecule has 0 unspecified atom stereocenters. The van der Waals surface area contributed by atoms with Gasteiger partial charge in [0.25, 0.3) is 0 Å². The number of nitrogens with one attached hydrogen (secondary N) is 1. The predicted molar refractivity (Wildman–Crippen MR) is 97.8 cm³/mol. The van der Waals surface area contributed by atoms with Crippen LogP contribution in [0.15, 0.2) is 43.5 Å². The van der Waals surface area contributed by atoms with Crippen molar-refractivity contribution in [3.05, 3.63) is 54.6 Å². The van der Waals surface area contributed by atoms with Gasteiger partial charge >= 0.3 is 0 Å². The average Bonchev–Trinajstić information content (AvgIpc) is 3.07. The SMILES string of the molecule is C=CCN(CC=C)Cc1ccc(CNC2CCCC2)c(OC)c1. The van der Waals surface area contributed by atoms with Crippen LogP contribution in [-0.4, -0.2) is 31.1 Å². The van der Waals surface area contributed by atoms with Crippen molar-refractivity contribution >= 4 is 0 Å². The van der Waals surface area contributed by atoms with E-state index in [1.807, 2.05) is 12.2 Å². The van der Waals surface area contributed by atoms with Gasteiger partial charge in [0.05, 0.1) is 7.11 Å². The number of methoxy groups -OCH3 is 1. The van der Waals surface area contributed by atoms with Gasteiger partial charge in [-0.1, -0.05) is 37.1 Å². The zero-order chi connectivity index (χ0) is 16.5. The molecule has 23 heavy (non-hydrogen) atoms. The number of ether oxygens (including phenoxy) is 1. The Morgan fingerprint density at radius 3 is 2.52 bits per heavy atom. The Kier molecular flexibility index (Phi) is 7.37. The summed E-state index contributed by atoms with van der Waals surface area (Å²) in [5.74, 6) is 0.977. The van der Waals surface area contributed by atoms with Crippen LogP contribution in [0.1, 0.15) is 36.8 Å². The molecule has 0 aromatic heterocycles. The normalized spacial score (nSPS) is 15.0. The molecule has 0 atom stereocenters. The first-order valence-corrected chi connectivity index (χ1v) is 8.60. The highest BCUT2D eigenvalue weighted by Crippen LogP contribution is 2.23. The maximum absolute atomic E-state index is 5.60. The maximum Gasteiger partial charge on any atom is 0.123 e. The van der Waals surface area contributed by atoms with Gasteiger partial charge in [-0.15, -0.1) is 13.2 Å². The Hall–Kier alpha value is -1.58. The fourth-order valence-electron chi connectivity index (χ4n) is 3.24. The van der Waals surface area contributed by atoms with E-state index in [4.69, 9.17) is 4.74 Å². The van der Waals surface area contributed by atoms with Crippen molar-refractivity contribution in [2.24, 2.45) is 0 Å². The molecule has 126 valence electrons. The second-order valence-corrected chi connectivity index (χ2v) is 6.28. The standard InChI is InChI=1S/C20H30N2O/c1-4-12-22(13-5-2)16-17-10-11-18(20(14-17)23-3)15-21-19-8-6-7-9-19/h4-5,10-11,14,19,21H,1-2,6-9,12-13,15-16H2,3H3. The third kappa shape index (κ3) is 5.52. The number of hydrogen-bond acceptors (Lipinski definition) is 3. The van der Waals surface area contributed by atoms with Crippen LogP contribution in [0.5, 0.6) is 5.75 Å². The first kappa shape index (κ1) is 17.8. The van der Waals surface area contributed by atoms with E-state index in [0.29, 0.717) is 6.04 Å². The summed E-state index contributed by atoms with van der Waals surface area (Å²) in [6, 6.07) is 7.23. The summed E-state index contributed by atoms with van der Waals surface area (Å²) in [7, 11) is 1.75. The second-order valence-electron chi connectivity index (χ2n) is 6.28. The van der Waals surface area contributed by atoms with Gasteiger partial charge in [-0.25, -0.2) is 0 Å². The van der Waals surface area contributed by atoms with E-state index in [2.05, 4.69) is 41.6 Å². The smallest absolute Gasteiger partial charge is 0.123 e. The van der Waals surface area contributed by atoms with E-state index in [-0.39, 0.29) is 0 Å². The number of benzene rings is 1. The number of rotatable bonds is 10. The third-order valence-corrected chi connectivity index (χ3v) is 4.47. The Balaban J connectivity index is 1.99. The molecule has 3 heteroatoms. The molecule has 0 heterocycles. The first-order chi connectivity index (χ1) is 11.3. The van der Waals surface area contributed by atoms with E-state index in [9.17, 15) is 0 Å². The van der Waals surface area contributed by atoms with Crippen molar-refractivity contribution in [2.75, 3.05) is 20.2 Å². The average molecular weight is 314 g/mol. The van der Waals surface area contributed by atoms with Crippen molar-refractivity contribution in [3.63, 3.8) is 0 Å². The Labute approximate surface area is 141 Å². The fraction of sp³-hybridized carbons (Fsp3) is 0.500. The molecule has 0 amide bonds.